The maximum absolute atomic E-state index is 13.4. The van der Waals surface area contributed by atoms with E-state index in [0.29, 0.717) is 6.42 Å². The molecule has 0 aliphatic rings. The Morgan fingerprint density at radius 3 is 2.64 bits per heavy atom. The first kappa shape index (κ1) is 11.0. The van der Waals surface area contributed by atoms with E-state index >= 15 is 0 Å². The topological polar surface area (TPSA) is 26.3 Å². The lowest BCUT2D eigenvalue weighted by atomic mass is 10.1. The number of benzene rings is 1. The lowest BCUT2D eigenvalue weighted by molar-refractivity contribution is 0.0595. The average Bonchev–Trinajstić information content (AvgIpc) is 2.16. The average molecular weight is 217 g/mol. The number of hydrogen-bond acceptors (Lipinski definition) is 2. The highest BCUT2D eigenvalue weighted by Gasteiger charge is 2.17. The minimum absolute atomic E-state index is 0.0914. The standard InChI is InChI=1S/C10H10ClFO2/c1-3-6-4-7(11)9(8(12)5-6)10(13)14-2/h4-5H,3H2,1-2H3. The summed E-state index contributed by atoms with van der Waals surface area (Å²) in [5.41, 5.74) is 0.548. The quantitative estimate of drug-likeness (QED) is 0.711. The second-order valence-corrected chi connectivity index (χ2v) is 3.19. The zero-order chi connectivity index (χ0) is 10.7. The summed E-state index contributed by atoms with van der Waals surface area (Å²) in [5, 5.41) is 0.0914. The molecule has 76 valence electrons. The Balaban J connectivity index is 3.25. The Bertz CT molecular complexity index is 340. The van der Waals surface area contributed by atoms with E-state index in [-0.39, 0.29) is 10.6 Å². The van der Waals surface area contributed by atoms with Gasteiger partial charge in [0, 0.05) is 0 Å². The van der Waals surface area contributed by atoms with Crippen molar-refractivity contribution in [3.8, 4) is 0 Å². The molecule has 0 spiro atoms. The fourth-order valence-corrected chi connectivity index (χ4v) is 1.43. The molecule has 0 bridgehead atoms. The molecule has 0 unspecified atom stereocenters. The van der Waals surface area contributed by atoms with Crippen LogP contribution in [0.1, 0.15) is 22.8 Å². The molecule has 0 saturated heterocycles. The van der Waals surface area contributed by atoms with Crippen molar-refractivity contribution in [2.45, 2.75) is 13.3 Å². The Morgan fingerprint density at radius 1 is 1.57 bits per heavy atom. The van der Waals surface area contributed by atoms with Crippen LogP contribution in [0.3, 0.4) is 0 Å². The van der Waals surface area contributed by atoms with Gasteiger partial charge < -0.3 is 4.74 Å². The predicted octanol–water partition coefficient (Wildman–Crippen LogP) is 2.83. The van der Waals surface area contributed by atoms with Crippen molar-refractivity contribution < 1.29 is 13.9 Å². The monoisotopic (exact) mass is 216 g/mol. The van der Waals surface area contributed by atoms with Crippen molar-refractivity contribution in [2.75, 3.05) is 7.11 Å². The maximum Gasteiger partial charge on any atom is 0.342 e. The molecule has 0 radical (unpaired) electrons. The smallest absolute Gasteiger partial charge is 0.342 e. The third kappa shape index (κ3) is 2.04. The van der Waals surface area contributed by atoms with Gasteiger partial charge in [-0.15, -0.1) is 0 Å². The van der Waals surface area contributed by atoms with Gasteiger partial charge >= 0.3 is 5.97 Å². The Hall–Kier alpha value is -1.09. The van der Waals surface area contributed by atoms with Crippen LogP contribution in [0.25, 0.3) is 0 Å². The van der Waals surface area contributed by atoms with E-state index in [2.05, 4.69) is 4.74 Å². The van der Waals surface area contributed by atoms with Crippen LogP contribution in [0.2, 0.25) is 5.02 Å². The first-order chi connectivity index (χ1) is 6.60. The molecule has 1 aromatic rings. The van der Waals surface area contributed by atoms with Crippen LogP contribution in [0.5, 0.6) is 0 Å². The van der Waals surface area contributed by atoms with Gasteiger partial charge in [0.1, 0.15) is 11.4 Å². The third-order valence-corrected chi connectivity index (χ3v) is 2.20. The summed E-state index contributed by atoms with van der Waals surface area (Å²) in [4.78, 5) is 11.1. The number of halogens is 2. The molecule has 0 aliphatic heterocycles. The fourth-order valence-electron chi connectivity index (χ4n) is 1.13. The molecule has 14 heavy (non-hydrogen) atoms. The minimum Gasteiger partial charge on any atom is -0.465 e. The van der Waals surface area contributed by atoms with Crippen molar-refractivity contribution in [1.29, 1.82) is 0 Å². The molecule has 0 aromatic heterocycles. The van der Waals surface area contributed by atoms with Gasteiger partial charge in [0.2, 0.25) is 0 Å². The Labute approximate surface area is 86.6 Å². The van der Waals surface area contributed by atoms with Gasteiger partial charge in [-0.05, 0) is 24.1 Å². The Morgan fingerprint density at radius 2 is 2.21 bits per heavy atom. The van der Waals surface area contributed by atoms with Crippen molar-refractivity contribution in [1.82, 2.24) is 0 Å². The lowest BCUT2D eigenvalue weighted by Gasteiger charge is -2.05. The molecular formula is C10H10ClFO2. The van der Waals surface area contributed by atoms with E-state index in [1.807, 2.05) is 6.92 Å². The van der Waals surface area contributed by atoms with Crippen molar-refractivity contribution in [3.05, 3.63) is 34.1 Å². The van der Waals surface area contributed by atoms with Crippen molar-refractivity contribution in [2.24, 2.45) is 0 Å². The molecule has 1 aromatic carbocycles. The number of carbonyl (C=O) groups is 1. The molecule has 4 heteroatoms. The first-order valence-electron chi connectivity index (χ1n) is 4.16. The highest BCUT2D eigenvalue weighted by molar-refractivity contribution is 6.33. The number of hydrogen-bond donors (Lipinski definition) is 0. The highest BCUT2D eigenvalue weighted by atomic mass is 35.5. The van der Waals surface area contributed by atoms with Gasteiger partial charge in [-0.25, -0.2) is 9.18 Å². The summed E-state index contributed by atoms with van der Waals surface area (Å²) in [6.07, 6.45) is 0.665. The molecule has 0 N–H and O–H groups in total. The molecule has 0 aliphatic carbocycles. The Kier molecular flexibility index (Phi) is 3.47. The number of aryl methyl sites for hydroxylation is 1. The third-order valence-electron chi connectivity index (χ3n) is 1.90. The van der Waals surface area contributed by atoms with Gasteiger partial charge in [0.05, 0.1) is 12.1 Å². The summed E-state index contributed by atoms with van der Waals surface area (Å²) in [6, 6.07) is 2.86. The molecular weight excluding hydrogens is 207 g/mol. The lowest BCUT2D eigenvalue weighted by Crippen LogP contribution is -2.06. The van der Waals surface area contributed by atoms with E-state index < -0.39 is 11.8 Å². The van der Waals surface area contributed by atoms with E-state index in [9.17, 15) is 9.18 Å². The van der Waals surface area contributed by atoms with Crippen LogP contribution >= 0.6 is 11.6 Å². The van der Waals surface area contributed by atoms with E-state index in [4.69, 9.17) is 11.6 Å². The predicted molar refractivity (Wildman–Crippen MR) is 52.1 cm³/mol. The molecule has 0 saturated carbocycles. The number of methoxy groups -OCH3 is 1. The van der Waals surface area contributed by atoms with Crippen LogP contribution in [0.4, 0.5) is 4.39 Å². The zero-order valence-electron chi connectivity index (χ0n) is 7.93. The van der Waals surface area contributed by atoms with E-state index in [1.165, 1.54) is 13.2 Å². The SMILES string of the molecule is CCc1cc(F)c(C(=O)OC)c(Cl)c1. The van der Waals surface area contributed by atoms with Crippen LogP contribution in [-0.2, 0) is 11.2 Å². The molecule has 0 heterocycles. The fraction of sp³-hybridized carbons (Fsp3) is 0.300. The second-order valence-electron chi connectivity index (χ2n) is 2.78. The zero-order valence-corrected chi connectivity index (χ0v) is 8.69. The molecule has 0 fully saturated rings. The molecule has 0 atom stereocenters. The minimum atomic E-state index is -0.754. The maximum atomic E-state index is 13.4. The normalized spacial score (nSPS) is 10.0. The first-order valence-corrected chi connectivity index (χ1v) is 4.54. The number of rotatable bonds is 2. The van der Waals surface area contributed by atoms with Gasteiger partial charge in [0.15, 0.2) is 0 Å². The van der Waals surface area contributed by atoms with Gasteiger partial charge in [-0.1, -0.05) is 18.5 Å². The van der Waals surface area contributed by atoms with Gasteiger partial charge in [-0.3, -0.25) is 0 Å². The summed E-state index contributed by atoms with van der Waals surface area (Å²) in [6.45, 7) is 1.88. The molecule has 2 nitrogen and oxygen atoms in total. The summed E-state index contributed by atoms with van der Waals surface area (Å²) >= 11 is 5.75. The van der Waals surface area contributed by atoms with Crippen molar-refractivity contribution >= 4 is 17.6 Å². The number of ether oxygens (including phenoxy) is 1. The van der Waals surface area contributed by atoms with E-state index in [1.54, 1.807) is 6.07 Å². The summed E-state index contributed by atoms with van der Waals surface area (Å²) in [7, 11) is 1.19. The van der Waals surface area contributed by atoms with E-state index in [0.717, 1.165) is 5.56 Å². The molecule has 0 amide bonds. The van der Waals surface area contributed by atoms with Gasteiger partial charge in [-0.2, -0.15) is 0 Å². The van der Waals surface area contributed by atoms with Gasteiger partial charge in [0.25, 0.3) is 0 Å². The van der Waals surface area contributed by atoms with Crippen LogP contribution in [-0.4, -0.2) is 13.1 Å². The molecule has 1 rings (SSSR count). The number of esters is 1. The van der Waals surface area contributed by atoms with Crippen LogP contribution < -0.4 is 0 Å². The summed E-state index contributed by atoms with van der Waals surface area (Å²) in [5.74, 6) is -1.39. The van der Waals surface area contributed by atoms with Crippen LogP contribution in [0, 0.1) is 5.82 Å². The van der Waals surface area contributed by atoms with Crippen molar-refractivity contribution in [3.63, 3.8) is 0 Å². The number of carbonyl (C=O) groups excluding carboxylic acids is 1. The summed E-state index contributed by atoms with van der Waals surface area (Å²) < 4.78 is 17.8. The van der Waals surface area contributed by atoms with Crippen LogP contribution in [0.15, 0.2) is 12.1 Å². The highest BCUT2D eigenvalue weighted by Crippen LogP contribution is 2.22. The largest absolute Gasteiger partial charge is 0.465 e. The second kappa shape index (κ2) is 4.42.